The summed E-state index contributed by atoms with van der Waals surface area (Å²) in [5, 5.41) is 2.90. The highest BCUT2D eigenvalue weighted by molar-refractivity contribution is 5.45. The van der Waals surface area contributed by atoms with Crippen LogP contribution in [0.1, 0.15) is 22.8 Å². The van der Waals surface area contributed by atoms with Crippen molar-refractivity contribution in [2.45, 2.75) is 25.1 Å². The van der Waals surface area contributed by atoms with Crippen LogP contribution in [-0.4, -0.2) is 26.4 Å². The number of methoxy groups -OCH3 is 1. The Morgan fingerprint density at radius 1 is 1.29 bits per heavy atom. The zero-order valence-electron chi connectivity index (χ0n) is 14.0. The molecule has 0 saturated carbocycles. The second-order valence-corrected chi connectivity index (χ2v) is 6.17. The fourth-order valence-corrected chi connectivity index (χ4v) is 3.25. The minimum atomic E-state index is -1.61. The van der Waals surface area contributed by atoms with E-state index in [1.165, 1.54) is 6.07 Å². The second-order valence-electron chi connectivity index (χ2n) is 6.17. The Labute approximate surface area is 140 Å². The number of halogens is 2. The zero-order chi connectivity index (χ0) is 17.3. The highest BCUT2D eigenvalue weighted by Gasteiger charge is 2.48. The van der Waals surface area contributed by atoms with E-state index in [9.17, 15) is 4.39 Å². The summed E-state index contributed by atoms with van der Waals surface area (Å²) in [6, 6.07) is 10.1. The lowest BCUT2D eigenvalue weighted by molar-refractivity contribution is 0.0225. The molecule has 0 saturated heterocycles. The Morgan fingerprint density at radius 2 is 2.08 bits per heavy atom. The van der Waals surface area contributed by atoms with Gasteiger partial charge in [-0.3, -0.25) is 0 Å². The summed E-state index contributed by atoms with van der Waals surface area (Å²) < 4.78 is 40.6. The molecule has 2 unspecified atom stereocenters. The number of alkyl halides is 1. The first kappa shape index (κ1) is 16.7. The normalized spacial score (nSPS) is 22.3. The van der Waals surface area contributed by atoms with Crippen LogP contribution in [0, 0.1) is 12.7 Å². The Morgan fingerprint density at radius 3 is 2.79 bits per heavy atom. The van der Waals surface area contributed by atoms with Crippen molar-refractivity contribution in [3.63, 3.8) is 0 Å². The summed E-state index contributed by atoms with van der Waals surface area (Å²) >= 11 is 0. The molecule has 0 aliphatic heterocycles. The molecule has 0 fully saturated rings. The first-order valence-corrected chi connectivity index (χ1v) is 7.90. The van der Waals surface area contributed by atoms with Gasteiger partial charge in [-0.1, -0.05) is 12.1 Å². The van der Waals surface area contributed by atoms with E-state index in [1.54, 1.807) is 39.3 Å². The van der Waals surface area contributed by atoms with E-state index in [0.29, 0.717) is 17.1 Å². The smallest absolute Gasteiger partial charge is 0.168 e. The van der Waals surface area contributed by atoms with Gasteiger partial charge in [-0.15, -0.1) is 0 Å². The van der Waals surface area contributed by atoms with Crippen molar-refractivity contribution in [2.75, 3.05) is 20.7 Å². The van der Waals surface area contributed by atoms with Crippen molar-refractivity contribution in [1.82, 2.24) is 5.32 Å². The molecule has 0 spiro atoms. The van der Waals surface area contributed by atoms with Gasteiger partial charge in [0.05, 0.1) is 7.11 Å². The number of hydrogen-bond donors (Lipinski definition) is 1. The zero-order valence-corrected chi connectivity index (χ0v) is 14.0. The minimum Gasteiger partial charge on any atom is -0.497 e. The second kappa shape index (κ2) is 6.40. The lowest BCUT2D eigenvalue weighted by Gasteiger charge is -2.29. The highest BCUT2D eigenvalue weighted by Crippen LogP contribution is 2.46. The van der Waals surface area contributed by atoms with E-state index in [4.69, 9.17) is 9.47 Å². The topological polar surface area (TPSA) is 30.5 Å². The number of fused-ring (bicyclic) bond motifs is 1. The van der Waals surface area contributed by atoms with Crippen molar-refractivity contribution in [3.05, 3.63) is 58.9 Å². The Balaban J connectivity index is 2.03. The van der Waals surface area contributed by atoms with Gasteiger partial charge in [0.25, 0.3) is 0 Å². The van der Waals surface area contributed by atoms with Gasteiger partial charge in [0.2, 0.25) is 0 Å². The summed E-state index contributed by atoms with van der Waals surface area (Å²) in [6.45, 7) is 1.77. The molecule has 3 rings (SSSR count). The van der Waals surface area contributed by atoms with E-state index in [2.05, 4.69) is 5.32 Å². The maximum atomic E-state index is 15.6. The van der Waals surface area contributed by atoms with Crippen molar-refractivity contribution in [3.8, 4) is 11.5 Å². The van der Waals surface area contributed by atoms with Crippen LogP contribution >= 0.6 is 0 Å². The third kappa shape index (κ3) is 2.84. The number of rotatable bonds is 5. The van der Waals surface area contributed by atoms with Gasteiger partial charge in [-0.2, -0.15) is 0 Å². The Hall–Kier alpha value is -2.14. The average Bonchev–Trinajstić information content (AvgIpc) is 2.83. The molecular weight excluding hydrogens is 312 g/mol. The van der Waals surface area contributed by atoms with Gasteiger partial charge in [0, 0.05) is 24.1 Å². The van der Waals surface area contributed by atoms with Gasteiger partial charge < -0.3 is 14.8 Å². The number of hydrogen-bond acceptors (Lipinski definition) is 3. The largest absolute Gasteiger partial charge is 0.497 e. The fourth-order valence-electron chi connectivity index (χ4n) is 3.25. The van der Waals surface area contributed by atoms with Crippen molar-refractivity contribution < 1.29 is 18.3 Å². The standard InChI is InChI=1S/C19H21F2NO2/c1-12-16(20)5-4-6-17(12)24-18-15-9-14(23-3)8-7-13(15)10-19(18,21)11-22-2/h4-9,18,22H,10-11H2,1-3H3. The number of ether oxygens (including phenoxy) is 2. The van der Waals surface area contributed by atoms with Crippen molar-refractivity contribution >= 4 is 0 Å². The molecule has 0 aromatic heterocycles. The SMILES string of the molecule is CNCC1(F)Cc2ccc(OC)cc2C1Oc1cccc(F)c1C. The third-order valence-corrected chi connectivity index (χ3v) is 4.52. The summed E-state index contributed by atoms with van der Waals surface area (Å²) in [7, 11) is 3.27. The number of nitrogens with one attached hydrogen (secondary N) is 1. The van der Waals surface area contributed by atoms with Crippen molar-refractivity contribution in [1.29, 1.82) is 0 Å². The van der Waals surface area contributed by atoms with Gasteiger partial charge in [0.1, 0.15) is 17.3 Å². The molecule has 24 heavy (non-hydrogen) atoms. The van der Waals surface area contributed by atoms with Gasteiger partial charge in [0.15, 0.2) is 11.8 Å². The van der Waals surface area contributed by atoms with E-state index in [1.807, 2.05) is 12.1 Å². The van der Waals surface area contributed by atoms with Crippen LogP contribution in [0.5, 0.6) is 11.5 Å². The predicted molar refractivity (Wildman–Crippen MR) is 89.0 cm³/mol. The summed E-state index contributed by atoms with van der Waals surface area (Å²) in [5.41, 5.74) is 0.395. The lowest BCUT2D eigenvalue weighted by Crippen LogP contribution is -2.41. The fraction of sp³-hybridized carbons (Fsp3) is 0.368. The minimum absolute atomic E-state index is 0.142. The summed E-state index contributed by atoms with van der Waals surface area (Å²) in [6.07, 6.45) is -0.581. The Kier molecular flexibility index (Phi) is 4.45. The van der Waals surface area contributed by atoms with Crippen LogP contribution in [0.15, 0.2) is 36.4 Å². The van der Waals surface area contributed by atoms with Crippen LogP contribution in [0.25, 0.3) is 0 Å². The van der Waals surface area contributed by atoms with Crippen LogP contribution in [-0.2, 0) is 6.42 Å². The molecule has 1 N–H and O–H groups in total. The van der Waals surface area contributed by atoms with Gasteiger partial charge in [-0.25, -0.2) is 8.78 Å². The molecule has 0 bridgehead atoms. The lowest BCUT2D eigenvalue weighted by atomic mass is 9.99. The van der Waals surface area contributed by atoms with E-state index in [-0.39, 0.29) is 18.8 Å². The predicted octanol–water partition coefficient (Wildman–Crippen LogP) is 3.75. The molecule has 2 atom stereocenters. The summed E-state index contributed by atoms with van der Waals surface area (Å²) in [5.74, 6) is 0.634. The maximum Gasteiger partial charge on any atom is 0.168 e. The first-order valence-electron chi connectivity index (χ1n) is 7.90. The maximum absolute atomic E-state index is 15.6. The molecule has 1 aliphatic rings. The van der Waals surface area contributed by atoms with Gasteiger partial charge >= 0.3 is 0 Å². The van der Waals surface area contributed by atoms with Gasteiger partial charge in [-0.05, 0) is 43.8 Å². The highest BCUT2D eigenvalue weighted by atomic mass is 19.1. The van der Waals surface area contributed by atoms with Crippen LogP contribution in [0.3, 0.4) is 0 Å². The van der Waals surface area contributed by atoms with E-state index >= 15 is 4.39 Å². The molecule has 1 aliphatic carbocycles. The van der Waals surface area contributed by atoms with E-state index in [0.717, 1.165) is 11.1 Å². The molecule has 0 radical (unpaired) electrons. The van der Waals surface area contributed by atoms with E-state index < -0.39 is 11.8 Å². The quantitative estimate of drug-likeness (QED) is 0.904. The third-order valence-electron chi connectivity index (χ3n) is 4.52. The molecule has 0 amide bonds. The van der Waals surface area contributed by atoms with Crippen molar-refractivity contribution in [2.24, 2.45) is 0 Å². The molecule has 2 aromatic rings. The monoisotopic (exact) mass is 333 g/mol. The molecule has 0 heterocycles. The average molecular weight is 333 g/mol. The number of benzene rings is 2. The summed E-state index contributed by atoms with van der Waals surface area (Å²) in [4.78, 5) is 0. The van der Waals surface area contributed by atoms with Crippen LogP contribution in [0.2, 0.25) is 0 Å². The molecule has 2 aromatic carbocycles. The molecule has 5 heteroatoms. The van der Waals surface area contributed by atoms with Crippen LogP contribution in [0.4, 0.5) is 8.78 Å². The molecular formula is C19H21F2NO2. The first-order chi connectivity index (χ1) is 11.5. The van der Waals surface area contributed by atoms with Crippen LogP contribution < -0.4 is 14.8 Å². The molecule has 3 nitrogen and oxygen atoms in total. The Bertz CT molecular complexity index is 750. The molecule has 128 valence electrons.